The Balaban J connectivity index is 1.24. The van der Waals surface area contributed by atoms with E-state index in [2.05, 4.69) is 15.1 Å². The van der Waals surface area contributed by atoms with Crippen LogP contribution in [0.4, 0.5) is 16.3 Å². The second kappa shape index (κ2) is 7.88. The van der Waals surface area contributed by atoms with Gasteiger partial charge in [-0.25, -0.2) is 4.79 Å². The van der Waals surface area contributed by atoms with Crippen molar-refractivity contribution in [1.29, 1.82) is 0 Å². The summed E-state index contributed by atoms with van der Waals surface area (Å²) in [5.74, 6) is 2.53. The number of benzene rings is 1. The minimum atomic E-state index is -0.254. The smallest absolute Gasteiger partial charge is 0.322 e. The molecule has 1 atom stereocenters. The van der Waals surface area contributed by atoms with Crippen LogP contribution in [-0.2, 0) is 7.05 Å². The second-order valence-electron chi connectivity index (χ2n) is 9.57. The lowest BCUT2D eigenvalue weighted by atomic mass is 10.1. The number of para-hydroxylation sites is 2. The third-order valence-corrected chi connectivity index (χ3v) is 6.50. The summed E-state index contributed by atoms with van der Waals surface area (Å²) >= 11 is 0. The van der Waals surface area contributed by atoms with E-state index >= 15 is 0 Å². The highest BCUT2D eigenvalue weighted by molar-refractivity contribution is 5.98. The summed E-state index contributed by atoms with van der Waals surface area (Å²) in [7, 11) is 1.94. The molecule has 0 saturated carbocycles. The number of nitrogens with one attached hydrogen (secondary N) is 1. The van der Waals surface area contributed by atoms with E-state index in [0.29, 0.717) is 13.2 Å². The molecule has 4 heterocycles. The van der Waals surface area contributed by atoms with E-state index < -0.39 is 0 Å². The van der Waals surface area contributed by atoms with Crippen LogP contribution in [0.15, 0.2) is 24.3 Å². The zero-order valence-corrected chi connectivity index (χ0v) is 19.3. The predicted molar refractivity (Wildman–Crippen MR) is 123 cm³/mol. The largest absolute Gasteiger partial charge is 0.486 e. The number of carbonyl (C=O) groups is 1. The fourth-order valence-corrected chi connectivity index (χ4v) is 4.74. The van der Waals surface area contributed by atoms with Crippen LogP contribution < -0.4 is 24.6 Å². The lowest BCUT2D eigenvalue weighted by Crippen LogP contribution is -2.51. The molecule has 0 aliphatic carbocycles. The van der Waals surface area contributed by atoms with E-state index in [0.717, 1.165) is 61.4 Å². The summed E-state index contributed by atoms with van der Waals surface area (Å²) in [5.41, 5.74) is 1.67. The zero-order chi connectivity index (χ0) is 22.5. The lowest BCUT2D eigenvalue weighted by Gasteiger charge is -2.38. The maximum atomic E-state index is 12.7. The lowest BCUT2D eigenvalue weighted by molar-refractivity contribution is 0.0571. The first-order chi connectivity index (χ1) is 15.3. The topological polar surface area (TPSA) is 75.1 Å². The number of carbonyl (C=O) groups excluding carboxylic acids is 1. The van der Waals surface area contributed by atoms with E-state index in [1.54, 1.807) is 0 Å². The Hall–Kier alpha value is -2.94. The molecule has 0 spiro atoms. The molecule has 1 N–H and O–H groups in total. The van der Waals surface area contributed by atoms with Crippen molar-refractivity contribution in [3.05, 3.63) is 30.0 Å². The first-order valence-electron chi connectivity index (χ1n) is 11.3. The Morgan fingerprint density at radius 2 is 1.88 bits per heavy atom. The molecule has 9 heteroatoms. The first kappa shape index (κ1) is 20.9. The van der Waals surface area contributed by atoms with Gasteiger partial charge in [0.15, 0.2) is 17.3 Å². The number of amides is 2. The van der Waals surface area contributed by atoms with Crippen LogP contribution in [-0.4, -0.2) is 78.2 Å². The van der Waals surface area contributed by atoms with Gasteiger partial charge in [-0.3, -0.25) is 14.5 Å². The molecule has 2 aromatic rings. The van der Waals surface area contributed by atoms with Gasteiger partial charge in [0, 0.05) is 39.8 Å². The van der Waals surface area contributed by atoms with Gasteiger partial charge in [-0.1, -0.05) is 12.1 Å². The van der Waals surface area contributed by atoms with E-state index in [1.165, 1.54) is 0 Å². The molecular formula is C23H32N6O3. The molecule has 5 rings (SSSR count). The Morgan fingerprint density at radius 3 is 2.56 bits per heavy atom. The van der Waals surface area contributed by atoms with Gasteiger partial charge >= 0.3 is 6.03 Å². The van der Waals surface area contributed by atoms with Crippen LogP contribution in [0, 0.1) is 6.92 Å². The molecule has 1 aromatic carbocycles. The highest BCUT2D eigenvalue weighted by Crippen LogP contribution is 2.36. The Morgan fingerprint density at radius 1 is 1.16 bits per heavy atom. The molecular weight excluding hydrogens is 408 g/mol. The van der Waals surface area contributed by atoms with Crippen molar-refractivity contribution >= 4 is 17.5 Å². The van der Waals surface area contributed by atoms with Crippen LogP contribution in [0.5, 0.6) is 11.5 Å². The average molecular weight is 441 g/mol. The predicted octanol–water partition coefficient (Wildman–Crippen LogP) is 2.00. The fraction of sp³-hybridized carbons (Fsp3) is 0.565. The average Bonchev–Trinajstić information content (AvgIpc) is 3.21. The molecule has 1 aromatic heterocycles. The number of fused-ring (bicyclic) bond motifs is 1. The van der Waals surface area contributed by atoms with Crippen molar-refractivity contribution < 1.29 is 14.3 Å². The SMILES string of the molecule is Cc1c(N2CC(C)(C)NC2=O)c(N2CCN(CC3COc4ccccc4O3)CC2)nn1C. The number of piperazine rings is 1. The van der Waals surface area contributed by atoms with Crippen LogP contribution in [0.1, 0.15) is 19.5 Å². The molecule has 2 fully saturated rings. The number of nitrogens with zero attached hydrogens (tertiary/aromatic N) is 5. The number of urea groups is 1. The highest BCUT2D eigenvalue weighted by atomic mass is 16.6. The summed E-state index contributed by atoms with van der Waals surface area (Å²) < 4.78 is 13.9. The van der Waals surface area contributed by atoms with E-state index in [1.807, 2.05) is 61.7 Å². The van der Waals surface area contributed by atoms with Gasteiger partial charge in [-0.15, -0.1) is 0 Å². The van der Waals surface area contributed by atoms with Crippen molar-refractivity contribution in [2.45, 2.75) is 32.4 Å². The van der Waals surface area contributed by atoms with Gasteiger partial charge in [-0.2, -0.15) is 5.10 Å². The van der Waals surface area contributed by atoms with Crippen molar-refractivity contribution in [2.75, 3.05) is 55.7 Å². The quantitative estimate of drug-likeness (QED) is 0.784. The van der Waals surface area contributed by atoms with Gasteiger partial charge in [0.1, 0.15) is 18.4 Å². The minimum Gasteiger partial charge on any atom is -0.486 e. The van der Waals surface area contributed by atoms with Crippen molar-refractivity contribution in [1.82, 2.24) is 20.0 Å². The van der Waals surface area contributed by atoms with E-state index in [4.69, 9.17) is 14.6 Å². The number of ether oxygens (including phenoxy) is 2. The van der Waals surface area contributed by atoms with Crippen LogP contribution in [0.2, 0.25) is 0 Å². The number of aromatic nitrogens is 2. The normalized spacial score (nSPS) is 22.9. The van der Waals surface area contributed by atoms with Gasteiger partial charge in [0.05, 0.1) is 17.8 Å². The molecule has 2 saturated heterocycles. The second-order valence-corrected chi connectivity index (χ2v) is 9.57. The van der Waals surface area contributed by atoms with Crippen molar-refractivity contribution in [3.63, 3.8) is 0 Å². The Labute approximate surface area is 188 Å². The number of rotatable bonds is 4. The maximum absolute atomic E-state index is 12.7. The third kappa shape index (κ3) is 3.85. The van der Waals surface area contributed by atoms with Gasteiger partial charge in [-0.05, 0) is 32.9 Å². The van der Waals surface area contributed by atoms with Gasteiger partial charge < -0.3 is 19.7 Å². The summed E-state index contributed by atoms with van der Waals surface area (Å²) in [6.45, 7) is 11.7. The summed E-state index contributed by atoms with van der Waals surface area (Å²) in [5, 5.41) is 7.85. The summed E-state index contributed by atoms with van der Waals surface area (Å²) in [6.07, 6.45) is 0.0274. The zero-order valence-electron chi connectivity index (χ0n) is 19.3. The van der Waals surface area contributed by atoms with E-state index in [9.17, 15) is 4.79 Å². The van der Waals surface area contributed by atoms with Crippen LogP contribution >= 0.6 is 0 Å². The number of hydrogen-bond acceptors (Lipinski definition) is 6. The number of aryl methyl sites for hydroxylation is 1. The van der Waals surface area contributed by atoms with Crippen molar-refractivity contribution in [2.24, 2.45) is 7.05 Å². The summed E-state index contributed by atoms with van der Waals surface area (Å²) in [6, 6.07) is 7.78. The monoisotopic (exact) mass is 440 g/mol. The molecule has 9 nitrogen and oxygen atoms in total. The molecule has 32 heavy (non-hydrogen) atoms. The highest BCUT2D eigenvalue weighted by Gasteiger charge is 2.39. The minimum absolute atomic E-state index is 0.0274. The number of hydrogen-bond donors (Lipinski definition) is 1. The molecule has 0 radical (unpaired) electrons. The van der Waals surface area contributed by atoms with Gasteiger partial charge in [0.25, 0.3) is 0 Å². The molecule has 172 valence electrons. The van der Waals surface area contributed by atoms with Gasteiger partial charge in [0.2, 0.25) is 0 Å². The Bertz CT molecular complexity index is 1010. The molecule has 1 unspecified atom stereocenters. The van der Waals surface area contributed by atoms with Crippen LogP contribution in [0.3, 0.4) is 0 Å². The molecule has 2 amide bonds. The third-order valence-electron chi connectivity index (χ3n) is 6.50. The molecule has 3 aliphatic heterocycles. The van der Waals surface area contributed by atoms with Crippen molar-refractivity contribution in [3.8, 4) is 11.5 Å². The Kier molecular flexibility index (Phi) is 5.16. The molecule has 3 aliphatic rings. The maximum Gasteiger partial charge on any atom is 0.322 e. The standard InChI is InChI=1S/C23H32N6O3/c1-16-20(29-15-23(2,3)24-22(29)30)21(25-26(16)4)28-11-9-27(10-12-28)13-17-14-31-18-7-5-6-8-19(18)32-17/h5-8,17H,9-15H2,1-4H3,(H,24,30). The first-order valence-corrected chi connectivity index (χ1v) is 11.3. The number of anilines is 2. The van der Waals surface area contributed by atoms with E-state index in [-0.39, 0.29) is 17.7 Å². The van der Waals surface area contributed by atoms with Crippen LogP contribution in [0.25, 0.3) is 0 Å². The summed E-state index contributed by atoms with van der Waals surface area (Å²) in [4.78, 5) is 19.2. The molecule has 0 bridgehead atoms. The fourth-order valence-electron chi connectivity index (χ4n) is 4.74.